The second-order valence-corrected chi connectivity index (χ2v) is 2.84. The van der Waals surface area contributed by atoms with E-state index in [9.17, 15) is 0 Å². The first-order valence-corrected chi connectivity index (χ1v) is 4.19. The lowest BCUT2D eigenvalue weighted by molar-refractivity contribution is 0.858. The fourth-order valence-corrected chi connectivity index (χ4v) is 1.08. The van der Waals surface area contributed by atoms with E-state index < -0.39 is 0 Å². The second-order valence-electron chi connectivity index (χ2n) is 2.84. The molecule has 0 aliphatic heterocycles. The van der Waals surface area contributed by atoms with Gasteiger partial charge in [0.2, 0.25) is 0 Å². The molecule has 5 nitrogen and oxygen atoms in total. The van der Waals surface area contributed by atoms with Gasteiger partial charge in [0.05, 0.1) is 0 Å². The first kappa shape index (κ1) is 7.97. The molecule has 0 aliphatic carbocycles. The first-order valence-electron chi connectivity index (χ1n) is 4.19. The van der Waals surface area contributed by atoms with Crippen molar-refractivity contribution in [2.24, 2.45) is 0 Å². The van der Waals surface area contributed by atoms with Crippen molar-refractivity contribution >= 4 is 11.5 Å². The fourth-order valence-electron chi connectivity index (χ4n) is 1.08. The van der Waals surface area contributed by atoms with Gasteiger partial charge < -0.3 is 4.90 Å². The summed E-state index contributed by atoms with van der Waals surface area (Å²) in [5, 5.41) is 12.0. The number of aromatic nitrogens is 4. The standard InChI is InChI=1S/C8H11N5/c1-3-12(2)8-5-4-7-10-9-6-13(7)11-8/h4-6H,3H2,1-2H3. The molecule has 0 fully saturated rings. The molecule has 0 atom stereocenters. The predicted molar refractivity (Wildman–Crippen MR) is 49.7 cm³/mol. The highest BCUT2D eigenvalue weighted by atomic mass is 15.4. The van der Waals surface area contributed by atoms with Gasteiger partial charge in [-0.1, -0.05) is 0 Å². The maximum Gasteiger partial charge on any atom is 0.177 e. The van der Waals surface area contributed by atoms with Crippen LogP contribution in [0.15, 0.2) is 18.5 Å². The van der Waals surface area contributed by atoms with Gasteiger partial charge in [0.15, 0.2) is 5.65 Å². The van der Waals surface area contributed by atoms with E-state index in [2.05, 4.69) is 27.1 Å². The topological polar surface area (TPSA) is 46.3 Å². The smallest absolute Gasteiger partial charge is 0.177 e. The molecule has 0 unspecified atom stereocenters. The summed E-state index contributed by atoms with van der Waals surface area (Å²) >= 11 is 0. The van der Waals surface area contributed by atoms with Gasteiger partial charge in [-0.25, -0.2) is 0 Å². The van der Waals surface area contributed by atoms with Crippen LogP contribution >= 0.6 is 0 Å². The van der Waals surface area contributed by atoms with Crippen LogP contribution in [0.5, 0.6) is 0 Å². The van der Waals surface area contributed by atoms with Crippen LogP contribution < -0.4 is 4.90 Å². The van der Waals surface area contributed by atoms with E-state index in [1.165, 1.54) is 0 Å². The van der Waals surface area contributed by atoms with E-state index in [1.54, 1.807) is 10.8 Å². The third-order valence-corrected chi connectivity index (χ3v) is 2.01. The number of rotatable bonds is 2. The van der Waals surface area contributed by atoms with Crippen molar-refractivity contribution < 1.29 is 0 Å². The van der Waals surface area contributed by atoms with Crippen LogP contribution in [0.1, 0.15) is 6.92 Å². The molecule has 2 aromatic heterocycles. The summed E-state index contributed by atoms with van der Waals surface area (Å²) in [7, 11) is 2.00. The van der Waals surface area contributed by atoms with Crippen molar-refractivity contribution in [3.8, 4) is 0 Å². The average Bonchev–Trinajstić information content (AvgIpc) is 2.63. The molecule has 2 heterocycles. The van der Waals surface area contributed by atoms with Crippen LogP contribution in [0.2, 0.25) is 0 Å². The molecule has 0 radical (unpaired) electrons. The molecule has 0 bridgehead atoms. The molecule has 2 aromatic rings. The molecule has 68 valence electrons. The van der Waals surface area contributed by atoms with Gasteiger partial charge in [0.1, 0.15) is 12.1 Å². The number of fused-ring (bicyclic) bond motifs is 1. The minimum absolute atomic E-state index is 0.772. The Bertz CT molecular complexity index is 408. The van der Waals surface area contributed by atoms with E-state index in [0.29, 0.717) is 0 Å². The molecular formula is C8H11N5. The van der Waals surface area contributed by atoms with Gasteiger partial charge in [-0.05, 0) is 19.1 Å². The molecular weight excluding hydrogens is 166 g/mol. The van der Waals surface area contributed by atoms with Crippen molar-refractivity contribution in [1.82, 2.24) is 19.8 Å². The van der Waals surface area contributed by atoms with Crippen LogP contribution in [-0.2, 0) is 0 Å². The Balaban J connectivity index is 2.48. The quantitative estimate of drug-likeness (QED) is 0.673. The monoisotopic (exact) mass is 177 g/mol. The summed E-state index contributed by atoms with van der Waals surface area (Å²) in [5.74, 6) is 0.926. The minimum Gasteiger partial charge on any atom is -0.359 e. The van der Waals surface area contributed by atoms with E-state index in [-0.39, 0.29) is 0 Å². The van der Waals surface area contributed by atoms with Crippen LogP contribution in [-0.4, -0.2) is 33.4 Å². The Morgan fingerprint density at radius 1 is 1.46 bits per heavy atom. The Morgan fingerprint density at radius 2 is 2.31 bits per heavy atom. The summed E-state index contributed by atoms with van der Waals surface area (Å²) in [5.41, 5.74) is 0.772. The van der Waals surface area contributed by atoms with Gasteiger partial charge in [-0.15, -0.1) is 15.3 Å². The molecule has 0 spiro atoms. The lowest BCUT2D eigenvalue weighted by atomic mass is 10.5. The highest BCUT2D eigenvalue weighted by Gasteiger charge is 2.01. The van der Waals surface area contributed by atoms with Crippen LogP contribution in [0.3, 0.4) is 0 Å². The summed E-state index contributed by atoms with van der Waals surface area (Å²) in [4.78, 5) is 2.06. The predicted octanol–water partition coefficient (Wildman–Crippen LogP) is 0.580. The Hall–Kier alpha value is -1.65. The first-order chi connectivity index (χ1) is 6.31. The maximum atomic E-state index is 4.32. The van der Waals surface area contributed by atoms with Crippen molar-refractivity contribution in [3.63, 3.8) is 0 Å². The zero-order chi connectivity index (χ0) is 9.26. The highest BCUT2D eigenvalue weighted by Crippen LogP contribution is 2.07. The summed E-state index contributed by atoms with van der Waals surface area (Å²) in [6.45, 7) is 3.01. The molecule has 0 saturated heterocycles. The third-order valence-electron chi connectivity index (χ3n) is 2.01. The number of nitrogens with zero attached hydrogens (tertiary/aromatic N) is 5. The second kappa shape index (κ2) is 3.01. The van der Waals surface area contributed by atoms with Crippen LogP contribution in [0, 0.1) is 0 Å². The lowest BCUT2D eigenvalue weighted by Gasteiger charge is -2.14. The lowest BCUT2D eigenvalue weighted by Crippen LogP contribution is -2.17. The normalized spacial score (nSPS) is 10.6. The van der Waals surface area contributed by atoms with E-state index in [0.717, 1.165) is 18.0 Å². The Morgan fingerprint density at radius 3 is 3.08 bits per heavy atom. The zero-order valence-electron chi connectivity index (χ0n) is 7.68. The average molecular weight is 177 g/mol. The number of hydrogen-bond donors (Lipinski definition) is 0. The summed E-state index contributed by atoms with van der Waals surface area (Å²) in [6.07, 6.45) is 1.60. The van der Waals surface area contributed by atoms with Gasteiger partial charge in [0, 0.05) is 13.6 Å². The molecule has 0 saturated carbocycles. The molecule has 2 rings (SSSR count). The van der Waals surface area contributed by atoms with Crippen LogP contribution in [0.25, 0.3) is 5.65 Å². The number of hydrogen-bond acceptors (Lipinski definition) is 4. The van der Waals surface area contributed by atoms with E-state index >= 15 is 0 Å². The summed E-state index contributed by atoms with van der Waals surface area (Å²) < 4.78 is 1.67. The molecule has 13 heavy (non-hydrogen) atoms. The number of anilines is 1. The van der Waals surface area contributed by atoms with Crippen LogP contribution in [0.4, 0.5) is 5.82 Å². The van der Waals surface area contributed by atoms with Gasteiger partial charge >= 0.3 is 0 Å². The van der Waals surface area contributed by atoms with E-state index in [4.69, 9.17) is 0 Å². The van der Waals surface area contributed by atoms with Gasteiger partial charge in [0.25, 0.3) is 0 Å². The van der Waals surface area contributed by atoms with Gasteiger partial charge in [-0.3, -0.25) is 0 Å². The van der Waals surface area contributed by atoms with Crippen molar-refractivity contribution in [3.05, 3.63) is 18.5 Å². The van der Waals surface area contributed by atoms with Crippen molar-refractivity contribution in [1.29, 1.82) is 0 Å². The van der Waals surface area contributed by atoms with Gasteiger partial charge in [-0.2, -0.15) is 4.52 Å². The molecule has 0 N–H and O–H groups in total. The Labute approximate surface area is 76.0 Å². The van der Waals surface area contributed by atoms with Crippen molar-refractivity contribution in [2.75, 3.05) is 18.5 Å². The zero-order valence-corrected chi connectivity index (χ0v) is 7.68. The van der Waals surface area contributed by atoms with E-state index in [1.807, 2.05) is 19.2 Å². The summed E-state index contributed by atoms with van der Waals surface area (Å²) in [6, 6.07) is 3.84. The SMILES string of the molecule is CCN(C)c1ccc2nncn2n1. The molecule has 0 amide bonds. The largest absolute Gasteiger partial charge is 0.359 e. The molecule has 0 aromatic carbocycles. The highest BCUT2D eigenvalue weighted by molar-refractivity contribution is 5.44. The molecule has 0 aliphatic rings. The Kier molecular flexibility index (Phi) is 1.84. The van der Waals surface area contributed by atoms with Crippen molar-refractivity contribution in [2.45, 2.75) is 6.92 Å². The third kappa shape index (κ3) is 1.32. The fraction of sp³-hybridized carbons (Fsp3) is 0.375. The maximum absolute atomic E-state index is 4.32. The minimum atomic E-state index is 0.772. The molecule has 5 heteroatoms.